The van der Waals surface area contributed by atoms with Gasteiger partial charge in [-0.2, -0.15) is 0 Å². The van der Waals surface area contributed by atoms with Gasteiger partial charge in [0.25, 0.3) is 0 Å². The molecule has 0 aliphatic rings. The van der Waals surface area contributed by atoms with Crippen LogP contribution in [0.15, 0.2) is 60.7 Å². The van der Waals surface area contributed by atoms with Gasteiger partial charge in [-0.05, 0) is 34.9 Å². The molecule has 0 saturated heterocycles. The fourth-order valence-electron chi connectivity index (χ4n) is 2.68. The topological polar surface area (TPSA) is 95.1 Å². The van der Waals surface area contributed by atoms with Gasteiger partial charge in [0, 0.05) is 16.9 Å². The van der Waals surface area contributed by atoms with Crippen molar-refractivity contribution in [3.05, 3.63) is 66.2 Å². The SMILES string of the molecule is Nc1ccc(-c2c(-c3ccccc3)cc(N)c(C=O)c2N)cc1. The van der Waals surface area contributed by atoms with Gasteiger partial charge in [0.05, 0.1) is 11.3 Å². The first-order chi connectivity index (χ1) is 11.1. The molecule has 3 rings (SSSR count). The van der Waals surface area contributed by atoms with Gasteiger partial charge >= 0.3 is 0 Å². The number of benzene rings is 3. The number of nitrogens with two attached hydrogens (primary N) is 3. The van der Waals surface area contributed by atoms with E-state index in [1.807, 2.05) is 42.5 Å². The largest absolute Gasteiger partial charge is 0.399 e. The Bertz CT molecular complexity index is 856. The van der Waals surface area contributed by atoms with Crippen LogP contribution < -0.4 is 17.2 Å². The van der Waals surface area contributed by atoms with Crippen molar-refractivity contribution in [3.63, 3.8) is 0 Å². The van der Waals surface area contributed by atoms with Crippen LogP contribution in [0.5, 0.6) is 0 Å². The maximum atomic E-state index is 11.4. The van der Waals surface area contributed by atoms with Crippen LogP contribution in [0.2, 0.25) is 0 Å². The van der Waals surface area contributed by atoms with E-state index < -0.39 is 0 Å². The number of carbonyl (C=O) groups is 1. The van der Waals surface area contributed by atoms with Gasteiger partial charge in [-0.3, -0.25) is 4.79 Å². The first-order valence-corrected chi connectivity index (χ1v) is 7.20. The van der Waals surface area contributed by atoms with Crippen molar-refractivity contribution >= 4 is 23.3 Å². The lowest BCUT2D eigenvalue weighted by Gasteiger charge is -2.17. The lowest BCUT2D eigenvalue weighted by molar-refractivity contribution is 0.112. The molecule has 0 aliphatic carbocycles. The highest BCUT2D eigenvalue weighted by atomic mass is 16.1. The lowest BCUT2D eigenvalue weighted by Crippen LogP contribution is -2.03. The van der Waals surface area contributed by atoms with Crippen LogP contribution in [0.1, 0.15) is 10.4 Å². The minimum Gasteiger partial charge on any atom is -0.399 e. The number of anilines is 3. The molecular formula is C19H17N3O. The Kier molecular flexibility index (Phi) is 3.73. The number of hydrogen-bond donors (Lipinski definition) is 3. The summed E-state index contributed by atoms with van der Waals surface area (Å²) in [6.45, 7) is 0. The van der Waals surface area contributed by atoms with Crippen molar-refractivity contribution in [2.24, 2.45) is 0 Å². The molecule has 3 aromatic carbocycles. The Labute approximate surface area is 134 Å². The van der Waals surface area contributed by atoms with Gasteiger partial charge < -0.3 is 17.2 Å². The summed E-state index contributed by atoms with van der Waals surface area (Å²) in [5.74, 6) is 0. The molecule has 6 N–H and O–H groups in total. The van der Waals surface area contributed by atoms with E-state index >= 15 is 0 Å². The second-order valence-electron chi connectivity index (χ2n) is 5.32. The summed E-state index contributed by atoms with van der Waals surface area (Å²) in [5.41, 5.74) is 23.3. The van der Waals surface area contributed by atoms with E-state index in [4.69, 9.17) is 17.2 Å². The number of nitrogen functional groups attached to an aromatic ring is 3. The second kappa shape index (κ2) is 5.85. The third kappa shape index (κ3) is 2.62. The third-order valence-corrected chi connectivity index (χ3v) is 3.84. The van der Waals surface area contributed by atoms with Crippen molar-refractivity contribution in [2.45, 2.75) is 0 Å². The van der Waals surface area contributed by atoms with E-state index in [-0.39, 0.29) is 0 Å². The molecule has 0 saturated carbocycles. The van der Waals surface area contributed by atoms with Gasteiger partial charge in [-0.25, -0.2) is 0 Å². The van der Waals surface area contributed by atoms with Crippen molar-refractivity contribution in [3.8, 4) is 22.3 Å². The first kappa shape index (κ1) is 14.7. The highest BCUT2D eigenvalue weighted by molar-refractivity contribution is 6.03. The van der Waals surface area contributed by atoms with Crippen LogP contribution in [0, 0.1) is 0 Å². The highest BCUT2D eigenvalue weighted by Crippen LogP contribution is 2.40. The molecule has 0 radical (unpaired) electrons. The van der Waals surface area contributed by atoms with Gasteiger partial charge in [0.1, 0.15) is 0 Å². The molecule has 114 valence electrons. The Hall–Kier alpha value is -3.27. The normalized spacial score (nSPS) is 10.4. The molecule has 0 bridgehead atoms. The van der Waals surface area contributed by atoms with Crippen LogP contribution in [0.3, 0.4) is 0 Å². The zero-order valence-corrected chi connectivity index (χ0v) is 12.5. The number of carbonyl (C=O) groups excluding carboxylic acids is 1. The van der Waals surface area contributed by atoms with Crippen LogP contribution in [-0.4, -0.2) is 6.29 Å². The summed E-state index contributed by atoms with van der Waals surface area (Å²) >= 11 is 0. The van der Waals surface area contributed by atoms with E-state index in [1.165, 1.54) is 0 Å². The average Bonchev–Trinajstić information content (AvgIpc) is 2.57. The van der Waals surface area contributed by atoms with Crippen LogP contribution in [0.4, 0.5) is 17.1 Å². The molecule has 0 atom stereocenters. The molecule has 0 fully saturated rings. The minimum absolute atomic E-state index is 0.316. The van der Waals surface area contributed by atoms with Crippen molar-refractivity contribution in [1.29, 1.82) is 0 Å². The molecule has 0 aliphatic heterocycles. The second-order valence-corrected chi connectivity index (χ2v) is 5.32. The maximum Gasteiger partial charge on any atom is 0.154 e. The van der Waals surface area contributed by atoms with Crippen LogP contribution in [-0.2, 0) is 0 Å². The van der Waals surface area contributed by atoms with E-state index in [2.05, 4.69) is 0 Å². The predicted octanol–water partition coefficient (Wildman–Crippen LogP) is 3.58. The quantitative estimate of drug-likeness (QED) is 0.509. The van der Waals surface area contributed by atoms with E-state index in [0.717, 1.165) is 22.3 Å². The monoisotopic (exact) mass is 303 g/mol. The number of aldehydes is 1. The van der Waals surface area contributed by atoms with Gasteiger partial charge in [-0.15, -0.1) is 0 Å². The maximum absolute atomic E-state index is 11.4. The summed E-state index contributed by atoms with van der Waals surface area (Å²) in [5, 5.41) is 0. The molecule has 4 nitrogen and oxygen atoms in total. The van der Waals surface area contributed by atoms with Crippen molar-refractivity contribution < 1.29 is 4.79 Å². The summed E-state index contributed by atoms with van der Waals surface area (Å²) in [7, 11) is 0. The number of rotatable bonds is 3. The average molecular weight is 303 g/mol. The molecule has 0 heterocycles. The highest BCUT2D eigenvalue weighted by Gasteiger charge is 2.17. The summed E-state index contributed by atoms with van der Waals surface area (Å²) in [6, 6.07) is 19.0. The Morgan fingerprint density at radius 3 is 2.04 bits per heavy atom. The molecule has 3 aromatic rings. The molecular weight excluding hydrogens is 286 g/mol. The smallest absolute Gasteiger partial charge is 0.154 e. The predicted molar refractivity (Wildman–Crippen MR) is 95.9 cm³/mol. The van der Waals surface area contributed by atoms with Gasteiger partial charge in [-0.1, -0.05) is 42.5 Å². The molecule has 4 heteroatoms. The van der Waals surface area contributed by atoms with Crippen LogP contribution >= 0.6 is 0 Å². The summed E-state index contributed by atoms with van der Waals surface area (Å²) < 4.78 is 0. The third-order valence-electron chi connectivity index (χ3n) is 3.84. The zero-order valence-electron chi connectivity index (χ0n) is 12.5. The summed E-state index contributed by atoms with van der Waals surface area (Å²) in [6.07, 6.45) is 0.695. The Balaban J connectivity index is 2.35. The molecule has 23 heavy (non-hydrogen) atoms. The molecule has 0 aromatic heterocycles. The number of hydrogen-bond acceptors (Lipinski definition) is 4. The van der Waals surface area contributed by atoms with Crippen molar-refractivity contribution in [1.82, 2.24) is 0 Å². The van der Waals surface area contributed by atoms with Gasteiger partial charge in [0.15, 0.2) is 6.29 Å². The van der Waals surface area contributed by atoms with Crippen molar-refractivity contribution in [2.75, 3.05) is 17.2 Å². The Morgan fingerprint density at radius 2 is 1.43 bits per heavy atom. The van der Waals surface area contributed by atoms with E-state index in [0.29, 0.717) is 28.9 Å². The molecule has 0 amide bonds. The minimum atomic E-state index is 0.316. The standard InChI is InChI=1S/C19H17N3O/c20-14-8-6-13(7-9-14)18-15(12-4-2-1-3-5-12)10-17(21)16(11-23)19(18)22/h1-11H,20-22H2. The fraction of sp³-hybridized carbons (Fsp3) is 0. The first-order valence-electron chi connectivity index (χ1n) is 7.20. The van der Waals surface area contributed by atoms with Crippen LogP contribution in [0.25, 0.3) is 22.3 Å². The van der Waals surface area contributed by atoms with Gasteiger partial charge in [0.2, 0.25) is 0 Å². The molecule has 0 unspecified atom stereocenters. The molecule has 0 spiro atoms. The summed E-state index contributed by atoms with van der Waals surface area (Å²) in [4.78, 5) is 11.4. The van der Waals surface area contributed by atoms with E-state index in [1.54, 1.807) is 18.2 Å². The lowest BCUT2D eigenvalue weighted by atomic mass is 9.90. The Morgan fingerprint density at radius 1 is 0.783 bits per heavy atom. The fourth-order valence-corrected chi connectivity index (χ4v) is 2.68. The van der Waals surface area contributed by atoms with E-state index in [9.17, 15) is 4.79 Å². The zero-order chi connectivity index (χ0) is 16.4.